The fourth-order valence-electron chi connectivity index (χ4n) is 2.78. The zero-order chi connectivity index (χ0) is 13.3. The summed E-state index contributed by atoms with van der Waals surface area (Å²) in [5.41, 5.74) is 0.820. The summed E-state index contributed by atoms with van der Waals surface area (Å²) in [4.78, 5) is 2.37. The van der Waals surface area contributed by atoms with Crippen molar-refractivity contribution in [1.82, 2.24) is 4.90 Å². The Morgan fingerprint density at radius 1 is 1.33 bits per heavy atom. The molecule has 0 saturated carbocycles. The smallest absolute Gasteiger partial charge is 0.126 e. The predicted octanol–water partition coefficient (Wildman–Crippen LogP) is 3.57. The van der Waals surface area contributed by atoms with Gasteiger partial charge in [-0.1, -0.05) is 19.9 Å². The maximum absolute atomic E-state index is 13.0. The average Bonchev–Trinajstić information content (AvgIpc) is 2.77. The van der Waals surface area contributed by atoms with Gasteiger partial charge in [-0.3, -0.25) is 4.90 Å². The van der Waals surface area contributed by atoms with Crippen molar-refractivity contribution in [3.05, 3.63) is 29.6 Å². The number of phenols is 1. The summed E-state index contributed by atoms with van der Waals surface area (Å²) in [5.74, 6) is 1.11. The number of likely N-dealkylation sites (tertiary alicyclic amines) is 1. The average molecular weight is 251 g/mol. The first-order valence-corrected chi connectivity index (χ1v) is 6.71. The number of hydrogen-bond acceptors (Lipinski definition) is 2. The van der Waals surface area contributed by atoms with E-state index in [-0.39, 0.29) is 17.6 Å². The van der Waals surface area contributed by atoms with Gasteiger partial charge in [0.2, 0.25) is 0 Å². The first-order chi connectivity index (χ1) is 8.49. The van der Waals surface area contributed by atoms with Crippen molar-refractivity contribution in [2.45, 2.75) is 33.2 Å². The van der Waals surface area contributed by atoms with Crippen LogP contribution < -0.4 is 0 Å². The second-order valence-corrected chi connectivity index (χ2v) is 5.67. The quantitative estimate of drug-likeness (QED) is 0.887. The zero-order valence-corrected chi connectivity index (χ0v) is 11.4. The van der Waals surface area contributed by atoms with E-state index in [2.05, 4.69) is 25.7 Å². The minimum Gasteiger partial charge on any atom is -0.508 e. The SMILES string of the molecule is CC(C)C1CCN(C(C)c2ccc(F)cc2O)C1. The molecule has 3 heteroatoms. The Labute approximate surface area is 108 Å². The predicted molar refractivity (Wildman–Crippen MR) is 71.0 cm³/mol. The highest BCUT2D eigenvalue weighted by Crippen LogP contribution is 2.34. The highest BCUT2D eigenvalue weighted by Gasteiger charge is 2.29. The first-order valence-electron chi connectivity index (χ1n) is 6.71. The summed E-state index contributed by atoms with van der Waals surface area (Å²) in [6.07, 6.45) is 1.21. The van der Waals surface area contributed by atoms with E-state index in [0.29, 0.717) is 5.92 Å². The number of rotatable bonds is 3. The van der Waals surface area contributed by atoms with E-state index in [0.717, 1.165) is 24.6 Å². The molecule has 1 N–H and O–H groups in total. The third kappa shape index (κ3) is 2.66. The summed E-state index contributed by atoms with van der Waals surface area (Å²) in [6, 6.07) is 4.45. The molecule has 0 aliphatic carbocycles. The Morgan fingerprint density at radius 2 is 2.06 bits per heavy atom. The number of phenolic OH excluding ortho intramolecular Hbond substituents is 1. The Hall–Kier alpha value is -1.09. The van der Waals surface area contributed by atoms with Gasteiger partial charge in [-0.25, -0.2) is 4.39 Å². The Kier molecular flexibility index (Phi) is 3.91. The van der Waals surface area contributed by atoms with Crippen molar-refractivity contribution in [1.29, 1.82) is 0 Å². The molecule has 1 fully saturated rings. The fraction of sp³-hybridized carbons (Fsp3) is 0.600. The Bertz CT molecular complexity index is 419. The molecule has 18 heavy (non-hydrogen) atoms. The van der Waals surface area contributed by atoms with Crippen LogP contribution in [0.4, 0.5) is 4.39 Å². The minimum atomic E-state index is -0.384. The molecule has 1 aromatic rings. The third-order valence-electron chi connectivity index (χ3n) is 4.19. The molecule has 2 atom stereocenters. The molecule has 0 radical (unpaired) electrons. The normalized spacial score (nSPS) is 22.6. The van der Waals surface area contributed by atoms with Gasteiger partial charge in [-0.2, -0.15) is 0 Å². The van der Waals surface area contributed by atoms with Crippen LogP contribution in [-0.4, -0.2) is 23.1 Å². The second-order valence-electron chi connectivity index (χ2n) is 5.67. The highest BCUT2D eigenvalue weighted by atomic mass is 19.1. The lowest BCUT2D eigenvalue weighted by Crippen LogP contribution is -2.25. The highest BCUT2D eigenvalue weighted by molar-refractivity contribution is 5.35. The third-order valence-corrected chi connectivity index (χ3v) is 4.19. The second kappa shape index (κ2) is 5.27. The van der Waals surface area contributed by atoms with Crippen molar-refractivity contribution < 1.29 is 9.50 Å². The topological polar surface area (TPSA) is 23.5 Å². The van der Waals surface area contributed by atoms with Gasteiger partial charge in [0.15, 0.2) is 0 Å². The van der Waals surface area contributed by atoms with Crippen LogP contribution in [0.1, 0.15) is 38.8 Å². The standard InChI is InChI=1S/C15H22FNO/c1-10(2)12-6-7-17(9-12)11(3)14-5-4-13(16)8-15(14)18/h4-5,8,10-12,18H,6-7,9H2,1-3H3. The van der Waals surface area contributed by atoms with Crippen LogP contribution in [0.15, 0.2) is 18.2 Å². The van der Waals surface area contributed by atoms with Crippen LogP contribution >= 0.6 is 0 Å². The van der Waals surface area contributed by atoms with E-state index in [9.17, 15) is 9.50 Å². The van der Waals surface area contributed by atoms with Crippen molar-refractivity contribution in [3.8, 4) is 5.75 Å². The molecule has 2 unspecified atom stereocenters. The number of aromatic hydroxyl groups is 1. The van der Waals surface area contributed by atoms with Crippen molar-refractivity contribution in [2.75, 3.05) is 13.1 Å². The van der Waals surface area contributed by atoms with Crippen molar-refractivity contribution in [2.24, 2.45) is 11.8 Å². The molecule has 1 aromatic carbocycles. The monoisotopic (exact) mass is 251 g/mol. The molecule has 1 heterocycles. The molecule has 0 spiro atoms. The minimum absolute atomic E-state index is 0.0653. The Morgan fingerprint density at radius 3 is 2.61 bits per heavy atom. The van der Waals surface area contributed by atoms with Crippen molar-refractivity contribution in [3.63, 3.8) is 0 Å². The van der Waals surface area contributed by atoms with E-state index in [1.54, 1.807) is 6.07 Å². The van der Waals surface area contributed by atoms with Gasteiger partial charge in [0.25, 0.3) is 0 Å². The molecular formula is C15H22FNO. The molecule has 0 aromatic heterocycles. The summed E-state index contributed by atoms with van der Waals surface area (Å²) < 4.78 is 13.0. The molecular weight excluding hydrogens is 229 g/mol. The molecule has 0 bridgehead atoms. The van der Waals surface area contributed by atoms with Crippen LogP contribution in [-0.2, 0) is 0 Å². The largest absolute Gasteiger partial charge is 0.508 e. The van der Waals surface area contributed by atoms with Crippen LogP contribution in [0, 0.1) is 17.7 Å². The van der Waals surface area contributed by atoms with E-state index < -0.39 is 0 Å². The zero-order valence-electron chi connectivity index (χ0n) is 11.4. The maximum atomic E-state index is 13.0. The molecule has 0 amide bonds. The number of hydrogen-bond donors (Lipinski definition) is 1. The van der Waals surface area contributed by atoms with E-state index in [1.165, 1.54) is 18.6 Å². The van der Waals surface area contributed by atoms with Crippen LogP contribution in [0.2, 0.25) is 0 Å². The summed E-state index contributed by atoms with van der Waals surface area (Å²) >= 11 is 0. The van der Waals surface area contributed by atoms with E-state index >= 15 is 0 Å². The number of benzene rings is 1. The summed E-state index contributed by atoms with van der Waals surface area (Å²) in [7, 11) is 0. The van der Waals surface area contributed by atoms with E-state index in [1.807, 2.05) is 0 Å². The lowest BCUT2D eigenvalue weighted by atomic mass is 9.95. The molecule has 100 valence electrons. The van der Waals surface area contributed by atoms with Crippen LogP contribution in [0.25, 0.3) is 0 Å². The number of nitrogens with zero attached hydrogens (tertiary/aromatic N) is 1. The molecule has 1 aliphatic heterocycles. The van der Waals surface area contributed by atoms with Gasteiger partial charge in [-0.15, -0.1) is 0 Å². The van der Waals surface area contributed by atoms with Crippen LogP contribution in [0.3, 0.4) is 0 Å². The fourth-order valence-corrected chi connectivity index (χ4v) is 2.78. The molecule has 1 saturated heterocycles. The first kappa shape index (κ1) is 13.3. The van der Waals surface area contributed by atoms with Gasteiger partial charge in [0, 0.05) is 24.2 Å². The van der Waals surface area contributed by atoms with Gasteiger partial charge in [0.05, 0.1) is 0 Å². The summed E-state index contributed by atoms with van der Waals surface area (Å²) in [5, 5.41) is 9.83. The Balaban J connectivity index is 2.10. The van der Waals surface area contributed by atoms with Gasteiger partial charge in [0.1, 0.15) is 11.6 Å². The maximum Gasteiger partial charge on any atom is 0.126 e. The lowest BCUT2D eigenvalue weighted by molar-refractivity contribution is 0.237. The molecule has 2 nitrogen and oxygen atoms in total. The van der Waals surface area contributed by atoms with E-state index in [4.69, 9.17) is 0 Å². The van der Waals surface area contributed by atoms with Crippen molar-refractivity contribution >= 4 is 0 Å². The van der Waals surface area contributed by atoms with Gasteiger partial charge >= 0.3 is 0 Å². The number of halogens is 1. The van der Waals surface area contributed by atoms with Gasteiger partial charge < -0.3 is 5.11 Å². The van der Waals surface area contributed by atoms with Crippen LogP contribution in [0.5, 0.6) is 5.75 Å². The summed E-state index contributed by atoms with van der Waals surface area (Å²) in [6.45, 7) is 8.72. The van der Waals surface area contributed by atoms with Gasteiger partial charge in [-0.05, 0) is 37.8 Å². The lowest BCUT2D eigenvalue weighted by Gasteiger charge is -2.26. The molecule has 2 rings (SSSR count). The molecule has 1 aliphatic rings.